The molecular formula is C10H10ClNO. The lowest BCUT2D eigenvalue weighted by Crippen LogP contribution is -2.65. The van der Waals surface area contributed by atoms with Gasteiger partial charge in [0, 0.05) is 0 Å². The van der Waals surface area contributed by atoms with Crippen molar-refractivity contribution in [2.24, 2.45) is 0 Å². The van der Waals surface area contributed by atoms with Gasteiger partial charge in [-0.1, -0.05) is 30.3 Å². The lowest BCUT2D eigenvalue weighted by Gasteiger charge is -2.42. The third kappa shape index (κ3) is 1.05. The van der Waals surface area contributed by atoms with Gasteiger partial charge in [0.15, 0.2) is 4.87 Å². The summed E-state index contributed by atoms with van der Waals surface area (Å²) < 4.78 is 0. The zero-order chi connectivity index (χ0) is 9.47. The summed E-state index contributed by atoms with van der Waals surface area (Å²) in [6.45, 7) is 1.90. The summed E-state index contributed by atoms with van der Waals surface area (Å²) in [5, 5.41) is 2.72. The Morgan fingerprint density at radius 3 is 2.46 bits per heavy atom. The summed E-state index contributed by atoms with van der Waals surface area (Å²) in [6, 6.07) is 9.44. The minimum Gasteiger partial charge on any atom is -0.349 e. The van der Waals surface area contributed by atoms with Gasteiger partial charge in [0.2, 0.25) is 5.91 Å². The fraction of sp³-hybridized carbons (Fsp3) is 0.300. The molecule has 0 radical (unpaired) electrons. The van der Waals surface area contributed by atoms with Crippen molar-refractivity contribution in [1.29, 1.82) is 0 Å². The van der Waals surface area contributed by atoms with E-state index >= 15 is 0 Å². The summed E-state index contributed by atoms with van der Waals surface area (Å²) in [4.78, 5) is 10.5. The molecule has 13 heavy (non-hydrogen) atoms. The molecule has 0 aromatic heterocycles. The molecule has 1 aliphatic rings. The van der Waals surface area contributed by atoms with E-state index in [-0.39, 0.29) is 11.9 Å². The molecular weight excluding hydrogens is 186 g/mol. The molecule has 0 unspecified atom stereocenters. The van der Waals surface area contributed by atoms with Gasteiger partial charge in [-0.15, -0.1) is 11.6 Å². The number of β-lactam (4-membered cyclic amide) rings is 1. The van der Waals surface area contributed by atoms with E-state index < -0.39 is 4.87 Å². The molecule has 2 nitrogen and oxygen atoms in total. The molecule has 1 fully saturated rings. The molecule has 1 N–H and O–H groups in total. The van der Waals surface area contributed by atoms with Crippen LogP contribution in [0.15, 0.2) is 30.3 Å². The number of hydrogen-bond acceptors (Lipinski definition) is 1. The Morgan fingerprint density at radius 2 is 2.00 bits per heavy atom. The first-order valence-corrected chi connectivity index (χ1v) is 4.59. The number of rotatable bonds is 1. The molecule has 0 saturated carbocycles. The van der Waals surface area contributed by atoms with Gasteiger partial charge >= 0.3 is 0 Å². The fourth-order valence-electron chi connectivity index (χ4n) is 1.58. The van der Waals surface area contributed by atoms with Crippen LogP contribution in [0.3, 0.4) is 0 Å². The molecule has 3 heteroatoms. The molecule has 1 aromatic carbocycles. The molecule has 0 bridgehead atoms. The highest BCUT2D eigenvalue weighted by molar-refractivity contribution is 6.37. The van der Waals surface area contributed by atoms with Crippen molar-refractivity contribution in [2.75, 3.05) is 0 Å². The minimum atomic E-state index is -0.846. The van der Waals surface area contributed by atoms with Crippen LogP contribution in [0, 0.1) is 0 Å². The van der Waals surface area contributed by atoms with Crippen molar-refractivity contribution < 1.29 is 4.79 Å². The molecule has 0 aliphatic carbocycles. The van der Waals surface area contributed by atoms with Gasteiger partial charge < -0.3 is 5.32 Å². The van der Waals surface area contributed by atoms with Gasteiger partial charge in [0.25, 0.3) is 0 Å². The normalized spacial score (nSPS) is 32.2. The van der Waals surface area contributed by atoms with Crippen molar-refractivity contribution in [3.8, 4) is 0 Å². The van der Waals surface area contributed by atoms with Crippen LogP contribution in [-0.4, -0.2) is 11.9 Å². The second-order valence-electron chi connectivity index (χ2n) is 3.27. The van der Waals surface area contributed by atoms with Crippen LogP contribution in [0.4, 0.5) is 0 Å². The zero-order valence-electron chi connectivity index (χ0n) is 7.25. The number of carbonyl (C=O) groups is 1. The average Bonchev–Trinajstić information content (AvgIpc) is 2.18. The van der Waals surface area contributed by atoms with Gasteiger partial charge in [-0.3, -0.25) is 4.79 Å². The lowest BCUT2D eigenvalue weighted by molar-refractivity contribution is -0.132. The number of halogens is 1. The van der Waals surface area contributed by atoms with Gasteiger partial charge in [0.05, 0.1) is 6.04 Å². The van der Waals surface area contributed by atoms with Gasteiger partial charge in [0.1, 0.15) is 0 Å². The van der Waals surface area contributed by atoms with Gasteiger partial charge in [-0.05, 0) is 12.5 Å². The number of hydrogen-bond donors (Lipinski definition) is 1. The maximum Gasteiger partial charge on any atom is 0.248 e. The molecule has 2 rings (SSSR count). The Balaban J connectivity index is 2.40. The Bertz CT molecular complexity index is 338. The van der Waals surface area contributed by atoms with Gasteiger partial charge in [-0.25, -0.2) is 0 Å². The van der Waals surface area contributed by atoms with Crippen LogP contribution in [0.25, 0.3) is 0 Å². The minimum absolute atomic E-state index is 0.00377. The Labute approximate surface area is 81.9 Å². The van der Waals surface area contributed by atoms with Crippen molar-refractivity contribution in [1.82, 2.24) is 5.32 Å². The van der Waals surface area contributed by atoms with E-state index in [2.05, 4.69) is 5.32 Å². The molecule has 68 valence electrons. The number of nitrogens with one attached hydrogen (secondary N) is 1. The van der Waals surface area contributed by atoms with Crippen molar-refractivity contribution >= 4 is 17.5 Å². The van der Waals surface area contributed by atoms with Crippen LogP contribution in [0.2, 0.25) is 0 Å². The van der Waals surface area contributed by atoms with Gasteiger partial charge in [-0.2, -0.15) is 0 Å². The first kappa shape index (κ1) is 8.57. The second kappa shape index (κ2) is 2.74. The number of alkyl halides is 1. The third-order valence-corrected chi connectivity index (χ3v) is 3.19. The monoisotopic (exact) mass is 195 g/mol. The fourth-order valence-corrected chi connectivity index (χ4v) is 1.82. The summed E-state index contributed by atoms with van der Waals surface area (Å²) in [6.07, 6.45) is 0. The second-order valence-corrected chi connectivity index (χ2v) is 3.87. The third-order valence-electron chi connectivity index (χ3n) is 2.47. The van der Waals surface area contributed by atoms with E-state index in [0.717, 1.165) is 5.56 Å². The maximum absolute atomic E-state index is 11.3. The predicted molar refractivity (Wildman–Crippen MR) is 51.6 cm³/mol. The Kier molecular flexibility index (Phi) is 1.81. The van der Waals surface area contributed by atoms with E-state index in [1.54, 1.807) is 0 Å². The van der Waals surface area contributed by atoms with E-state index in [1.807, 2.05) is 37.3 Å². The number of benzene rings is 1. The molecule has 1 aliphatic heterocycles. The highest BCUT2D eigenvalue weighted by atomic mass is 35.5. The van der Waals surface area contributed by atoms with E-state index in [4.69, 9.17) is 11.6 Å². The van der Waals surface area contributed by atoms with Crippen LogP contribution >= 0.6 is 11.6 Å². The maximum atomic E-state index is 11.3. The molecule has 1 saturated heterocycles. The SMILES string of the molecule is C[C@@H]1NC(=O)[C@]1(Cl)c1ccccc1. The lowest BCUT2D eigenvalue weighted by atomic mass is 9.84. The molecule has 1 heterocycles. The number of carbonyl (C=O) groups excluding carboxylic acids is 1. The summed E-state index contributed by atoms with van der Waals surface area (Å²) >= 11 is 6.22. The van der Waals surface area contributed by atoms with E-state index in [1.165, 1.54) is 0 Å². The smallest absolute Gasteiger partial charge is 0.248 e. The van der Waals surface area contributed by atoms with Crippen molar-refractivity contribution in [3.63, 3.8) is 0 Å². The van der Waals surface area contributed by atoms with E-state index in [9.17, 15) is 4.79 Å². The first-order chi connectivity index (χ1) is 6.15. The predicted octanol–water partition coefficient (Wildman–Crippen LogP) is 1.64. The van der Waals surface area contributed by atoms with Crippen molar-refractivity contribution in [2.45, 2.75) is 17.8 Å². The highest BCUT2D eigenvalue weighted by Crippen LogP contribution is 2.38. The van der Waals surface area contributed by atoms with Crippen molar-refractivity contribution in [3.05, 3.63) is 35.9 Å². The van der Waals surface area contributed by atoms with Crippen LogP contribution < -0.4 is 5.32 Å². The molecule has 1 aromatic rings. The summed E-state index contributed by atoms with van der Waals surface area (Å²) in [7, 11) is 0. The number of amides is 1. The van der Waals surface area contributed by atoms with Crippen LogP contribution in [-0.2, 0) is 9.67 Å². The highest BCUT2D eigenvalue weighted by Gasteiger charge is 2.52. The standard InChI is InChI=1S/C10H10ClNO/c1-7-10(11,9(13)12-7)8-5-3-2-4-6-8/h2-7H,1H3,(H,12,13)/t7-,10+/m0/s1. The quantitative estimate of drug-likeness (QED) is 0.536. The zero-order valence-corrected chi connectivity index (χ0v) is 8.01. The summed E-state index contributed by atoms with van der Waals surface area (Å²) in [5.41, 5.74) is 0.868. The summed E-state index contributed by atoms with van der Waals surface area (Å²) in [5.74, 6) is -0.104. The molecule has 2 atom stereocenters. The average molecular weight is 196 g/mol. The largest absolute Gasteiger partial charge is 0.349 e. The van der Waals surface area contributed by atoms with Crippen LogP contribution in [0.5, 0.6) is 0 Å². The van der Waals surface area contributed by atoms with E-state index in [0.29, 0.717) is 0 Å². The first-order valence-electron chi connectivity index (χ1n) is 4.21. The van der Waals surface area contributed by atoms with Crippen LogP contribution in [0.1, 0.15) is 12.5 Å². The Morgan fingerprint density at radius 1 is 1.38 bits per heavy atom. The molecule has 0 spiro atoms. The molecule has 1 amide bonds. The Hall–Kier alpha value is -1.02. The topological polar surface area (TPSA) is 29.1 Å².